The molecule has 0 aliphatic rings. The highest BCUT2D eigenvalue weighted by molar-refractivity contribution is 6.01. The van der Waals surface area contributed by atoms with Gasteiger partial charge in [0.1, 0.15) is 0 Å². The molecule has 1 aromatic heterocycles. The van der Waals surface area contributed by atoms with Crippen LogP contribution in [-0.2, 0) is 10.3 Å². The maximum absolute atomic E-state index is 13.6. The molecule has 1 amide bonds. The van der Waals surface area contributed by atoms with Gasteiger partial charge >= 0.3 is 0 Å². The molecule has 1 heterocycles. The smallest absolute Gasteiger partial charge is 0.248 e. The second-order valence-electron chi connectivity index (χ2n) is 6.06. The minimum absolute atomic E-state index is 0.153. The zero-order valence-corrected chi connectivity index (χ0v) is 13.6. The van der Waals surface area contributed by atoms with Crippen molar-refractivity contribution in [2.45, 2.75) is 26.3 Å². The van der Waals surface area contributed by atoms with Crippen molar-refractivity contribution >= 4 is 17.7 Å². The predicted molar refractivity (Wildman–Crippen MR) is 87.8 cm³/mol. The van der Waals surface area contributed by atoms with Crippen LogP contribution in [0, 0.1) is 5.82 Å². The highest BCUT2D eigenvalue weighted by Gasteiger charge is 2.14. The molecule has 1 aromatic carbocycles. The number of hydrogen-bond acceptors (Lipinski definition) is 3. The Bertz CT molecular complexity index is 730. The van der Waals surface area contributed by atoms with Crippen LogP contribution in [0.3, 0.4) is 0 Å². The lowest BCUT2D eigenvalue weighted by Gasteiger charge is -2.18. The van der Waals surface area contributed by atoms with Crippen LogP contribution in [0.25, 0.3) is 6.08 Å². The number of ether oxygens (including phenoxy) is 1. The van der Waals surface area contributed by atoms with Crippen molar-refractivity contribution in [3.05, 3.63) is 48.0 Å². The van der Waals surface area contributed by atoms with Gasteiger partial charge < -0.3 is 10.1 Å². The summed E-state index contributed by atoms with van der Waals surface area (Å²) in [7, 11) is 1.40. The number of benzene rings is 1. The van der Waals surface area contributed by atoms with Gasteiger partial charge in [0, 0.05) is 12.3 Å². The van der Waals surface area contributed by atoms with E-state index in [-0.39, 0.29) is 17.2 Å². The molecule has 122 valence electrons. The van der Waals surface area contributed by atoms with Gasteiger partial charge in [-0.15, -0.1) is 0 Å². The Kier molecular flexibility index (Phi) is 4.83. The van der Waals surface area contributed by atoms with Gasteiger partial charge in [0.05, 0.1) is 24.5 Å². The zero-order chi connectivity index (χ0) is 17.0. The summed E-state index contributed by atoms with van der Waals surface area (Å²) in [6.45, 7) is 6.05. The molecule has 0 saturated heterocycles. The van der Waals surface area contributed by atoms with Crippen molar-refractivity contribution in [2.75, 3.05) is 12.4 Å². The first-order valence-electron chi connectivity index (χ1n) is 7.17. The molecule has 6 heteroatoms. The van der Waals surface area contributed by atoms with Crippen LogP contribution in [-0.4, -0.2) is 22.8 Å². The normalized spacial score (nSPS) is 11.7. The van der Waals surface area contributed by atoms with E-state index in [1.807, 2.05) is 20.8 Å². The first kappa shape index (κ1) is 16.7. The number of carbonyl (C=O) groups excluding carboxylic acids is 1. The molecule has 0 aliphatic heterocycles. The molecule has 0 fully saturated rings. The van der Waals surface area contributed by atoms with Gasteiger partial charge in [-0.05, 0) is 44.5 Å². The Morgan fingerprint density at radius 3 is 2.70 bits per heavy atom. The Labute approximate surface area is 134 Å². The van der Waals surface area contributed by atoms with Gasteiger partial charge in [-0.25, -0.2) is 4.39 Å². The van der Waals surface area contributed by atoms with Gasteiger partial charge in [-0.3, -0.25) is 9.48 Å². The molecular formula is C17H20FN3O2. The fourth-order valence-corrected chi connectivity index (χ4v) is 1.90. The number of nitrogens with one attached hydrogen (secondary N) is 1. The van der Waals surface area contributed by atoms with Crippen LogP contribution in [0.5, 0.6) is 5.75 Å². The van der Waals surface area contributed by atoms with Crippen LogP contribution in [0.2, 0.25) is 0 Å². The van der Waals surface area contributed by atoms with Crippen LogP contribution in [0.1, 0.15) is 26.3 Å². The Balaban J connectivity index is 2.02. The van der Waals surface area contributed by atoms with Crippen LogP contribution < -0.4 is 10.1 Å². The third-order valence-electron chi connectivity index (χ3n) is 3.14. The standard InChI is InChI=1S/C17H20FN3O2/c1-17(2,3)21-11-13(10-19-21)20-16(22)8-6-12-5-7-15(23-4)14(18)9-12/h5-11H,1-4H3,(H,20,22). The molecule has 0 saturated carbocycles. The minimum Gasteiger partial charge on any atom is -0.494 e. The Morgan fingerprint density at radius 1 is 1.39 bits per heavy atom. The molecule has 2 rings (SSSR count). The molecule has 1 N–H and O–H groups in total. The molecular weight excluding hydrogens is 297 g/mol. The van der Waals surface area contributed by atoms with E-state index in [1.165, 1.54) is 31.4 Å². The third kappa shape index (κ3) is 4.42. The summed E-state index contributed by atoms with van der Waals surface area (Å²) < 4.78 is 20.2. The molecule has 0 spiro atoms. The van der Waals surface area contributed by atoms with E-state index >= 15 is 0 Å². The van der Waals surface area contributed by atoms with Crippen molar-refractivity contribution in [3.63, 3.8) is 0 Å². The number of anilines is 1. The molecule has 0 unspecified atom stereocenters. The molecule has 0 bridgehead atoms. The number of halogens is 1. The lowest BCUT2D eigenvalue weighted by Crippen LogP contribution is -2.22. The van der Waals surface area contributed by atoms with E-state index in [2.05, 4.69) is 10.4 Å². The average Bonchev–Trinajstić information content (AvgIpc) is 2.94. The maximum Gasteiger partial charge on any atom is 0.248 e. The molecule has 5 nitrogen and oxygen atoms in total. The second-order valence-corrected chi connectivity index (χ2v) is 6.06. The van der Waals surface area contributed by atoms with Crippen molar-refractivity contribution in [3.8, 4) is 5.75 Å². The molecule has 0 radical (unpaired) electrons. The second kappa shape index (κ2) is 6.64. The van der Waals surface area contributed by atoms with Crippen molar-refractivity contribution in [1.29, 1.82) is 0 Å². The van der Waals surface area contributed by atoms with E-state index in [4.69, 9.17) is 4.74 Å². The molecule has 2 aromatic rings. The number of amides is 1. The van der Waals surface area contributed by atoms with E-state index in [0.717, 1.165) is 0 Å². The van der Waals surface area contributed by atoms with Gasteiger partial charge in [-0.1, -0.05) is 6.07 Å². The topological polar surface area (TPSA) is 56.1 Å². The maximum atomic E-state index is 13.6. The van der Waals surface area contributed by atoms with E-state index in [1.54, 1.807) is 23.1 Å². The number of nitrogens with zero attached hydrogens (tertiary/aromatic N) is 2. The molecule has 0 atom stereocenters. The van der Waals surface area contributed by atoms with Crippen molar-refractivity contribution < 1.29 is 13.9 Å². The quantitative estimate of drug-likeness (QED) is 0.879. The summed E-state index contributed by atoms with van der Waals surface area (Å²) in [5.41, 5.74) is 1.03. The van der Waals surface area contributed by atoms with E-state index < -0.39 is 5.82 Å². The molecule has 0 aliphatic carbocycles. The highest BCUT2D eigenvalue weighted by atomic mass is 19.1. The fraction of sp³-hybridized carbons (Fsp3) is 0.294. The summed E-state index contributed by atoms with van der Waals surface area (Å²) in [5.74, 6) is -0.614. The van der Waals surface area contributed by atoms with Gasteiger partial charge in [0.25, 0.3) is 0 Å². The number of rotatable bonds is 4. The average molecular weight is 317 g/mol. The third-order valence-corrected chi connectivity index (χ3v) is 3.14. The summed E-state index contributed by atoms with van der Waals surface area (Å²) >= 11 is 0. The summed E-state index contributed by atoms with van der Waals surface area (Å²) in [6.07, 6.45) is 6.23. The zero-order valence-electron chi connectivity index (χ0n) is 13.6. The first-order valence-corrected chi connectivity index (χ1v) is 7.17. The van der Waals surface area contributed by atoms with Gasteiger partial charge in [0.2, 0.25) is 5.91 Å². The number of methoxy groups -OCH3 is 1. The lowest BCUT2D eigenvalue weighted by atomic mass is 10.1. The van der Waals surface area contributed by atoms with Gasteiger partial charge in [0.15, 0.2) is 11.6 Å². The van der Waals surface area contributed by atoms with E-state index in [9.17, 15) is 9.18 Å². The van der Waals surface area contributed by atoms with E-state index in [0.29, 0.717) is 11.3 Å². The lowest BCUT2D eigenvalue weighted by molar-refractivity contribution is -0.111. The first-order chi connectivity index (χ1) is 10.8. The van der Waals surface area contributed by atoms with Crippen LogP contribution >= 0.6 is 0 Å². The SMILES string of the molecule is COc1ccc(C=CC(=O)Nc2cnn(C(C)(C)C)c2)cc1F. The number of hydrogen-bond donors (Lipinski definition) is 1. The number of aromatic nitrogens is 2. The highest BCUT2D eigenvalue weighted by Crippen LogP contribution is 2.19. The Morgan fingerprint density at radius 2 is 2.13 bits per heavy atom. The summed E-state index contributed by atoms with van der Waals surface area (Å²) in [6, 6.07) is 4.49. The minimum atomic E-state index is -0.471. The van der Waals surface area contributed by atoms with Crippen LogP contribution in [0.15, 0.2) is 36.7 Å². The summed E-state index contributed by atoms with van der Waals surface area (Å²) in [5, 5.41) is 6.92. The number of carbonyl (C=O) groups is 1. The fourth-order valence-electron chi connectivity index (χ4n) is 1.90. The van der Waals surface area contributed by atoms with Gasteiger partial charge in [-0.2, -0.15) is 5.10 Å². The predicted octanol–water partition coefficient (Wildman–Crippen LogP) is 3.44. The molecule has 23 heavy (non-hydrogen) atoms. The van der Waals surface area contributed by atoms with Crippen LogP contribution in [0.4, 0.5) is 10.1 Å². The largest absolute Gasteiger partial charge is 0.494 e. The Hall–Kier alpha value is -2.63. The monoisotopic (exact) mass is 317 g/mol. The summed E-state index contributed by atoms with van der Waals surface area (Å²) in [4.78, 5) is 11.9. The van der Waals surface area contributed by atoms with Crippen molar-refractivity contribution in [2.24, 2.45) is 0 Å². The van der Waals surface area contributed by atoms with Crippen molar-refractivity contribution in [1.82, 2.24) is 9.78 Å².